The molecule has 0 aliphatic carbocycles. The topological polar surface area (TPSA) is 88.7 Å². The van der Waals surface area contributed by atoms with Crippen molar-refractivity contribution >= 4 is 44.2 Å². The fourth-order valence-corrected chi connectivity index (χ4v) is 7.54. The third kappa shape index (κ3) is 5.31. The summed E-state index contributed by atoms with van der Waals surface area (Å²) in [4.78, 5) is 16.8. The molecule has 1 N–H and O–H groups in total. The molecule has 3 aromatic rings. The molecular weight excluding hydrogens is 524 g/mol. The summed E-state index contributed by atoms with van der Waals surface area (Å²) in [7, 11) is -2.26. The number of rotatable bonds is 6. The van der Waals surface area contributed by atoms with Gasteiger partial charge in [-0.15, -0.1) is 0 Å². The standard InChI is InChI=1S/C29H37ClN2O5S/c1-8-21-10-9-15-38(34,35)32(21)26-18(3)23(27(28(33)36-7)37-29(4,5)6)24(19-11-13-20(30)14-12-19)22-16-17(2)31-25(22)26/h11-14,16,21,27,31H,8-10,15H2,1-7H3/t21-,27+/m1/s1. The second-order valence-electron chi connectivity index (χ2n) is 11.0. The van der Waals surface area contributed by atoms with Gasteiger partial charge in [-0.2, -0.15) is 0 Å². The fourth-order valence-electron chi connectivity index (χ4n) is 5.47. The second kappa shape index (κ2) is 10.5. The van der Waals surface area contributed by atoms with Crippen LogP contribution in [0.15, 0.2) is 30.3 Å². The smallest absolute Gasteiger partial charge is 0.339 e. The number of halogens is 1. The van der Waals surface area contributed by atoms with E-state index in [0.717, 1.165) is 34.1 Å². The van der Waals surface area contributed by atoms with Crippen LogP contribution in [0.1, 0.15) is 69.9 Å². The number of hydrogen-bond donors (Lipinski definition) is 1. The number of aromatic nitrogens is 1. The lowest BCUT2D eigenvalue weighted by atomic mass is 9.87. The highest BCUT2D eigenvalue weighted by Gasteiger charge is 2.40. The van der Waals surface area contributed by atoms with Crippen LogP contribution in [0.3, 0.4) is 0 Å². The van der Waals surface area contributed by atoms with E-state index in [1.54, 1.807) is 16.4 Å². The molecule has 38 heavy (non-hydrogen) atoms. The van der Waals surface area contributed by atoms with E-state index in [4.69, 9.17) is 21.1 Å². The lowest BCUT2D eigenvalue weighted by Crippen LogP contribution is -2.46. The molecule has 2 aromatic carbocycles. The number of nitrogens with one attached hydrogen (secondary N) is 1. The number of hydrogen-bond acceptors (Lipinski definition) is 5. The van der Waals surface area contributed by atoms with E-state index in [2.05, 4.69) is 4.98 Å². The Morgan fingerprint density at radius 3 is 2.45 bits per heavy atom. The largest absolute Gasteiger partial charge is 0.467 e. The Morgan fingerprint density at radius 1 is 1.21 bits per heavy atom. The normalized spacial score (nSPS) is 18.5. The molecule has 2 atom stereocenters. The minimum Gasteiger partial charge on any atom is -0.467 e. The number of aromatic amines is 1. The number of ether oxygens (including phenoxy) is 2. The van der Waals surface area contributed by atoms with Crippen molar-refractivity contribution in [1.82, 2.24) is 4.98 Å². The number of anilines is 1. The summed E-state index contributed by atoms with van der Waals surface area (Å²) in [5.41, 5.74) is 4.35. The number of methoxy groups -OCH3 is 1. The average molecular weight is 561 g/mol. The number of carbonyl (C=O) groups excluding carboxylic acids is 1. The highest BCUT2D eigenvalue weighted by atomic mass is 35.5. The summed E-state index contributed by atoms with van der Waals surface area (Å²) in [5.74, 6) is -0.471. The highest BCUT2D eigenvalue weighted by Crippen LogP contribution is 2.48. The van der Waals surface area contributed by atoms with Crippen LogP contribution in [0.2, 0.25) is 5.02 Å². The minimum absolute atomic E-state index is 0.0807. The zero-order chi connectivity index (χ0) is 28.0. The molecular formula is C29H37ClN2O5S. The zero-order valence-electron chi connectivity index (χ0n) is 23.1. The van der Waals surface area contributed by atoms with Crippen molar-refractivity contribution in [1.29, 1.82) is 0 Å². The van der Waals surface area contributed by atoms with Crippen LogP contribution in [0.25, 0.3) is 22.0 Å². The SMILES string of the molecule is CC[C@@H]1CCCS(=O)(=O)N1c1c(C)c([C@H](OC(C)(C)C)C(=O)OC)c(-c2ccc(Cl)cc2)c2cc(C)[nH]c12. The van der Waals surface area contributed by atoms with Gasteiger partial charge in [-0.25, -0.2) is 13.2 Å². The van der Waals surface area contributed by atoms with Gasteiger partial charge in [0.15, 0.2) is 6.10 Å². The van der Waals surface area contributed by atoms with E-state index in [9.17, 15) is 13.2 Å². The first-order chi connectivity index (χ1) is 17.8. The van der Waals surface area contributed by atoms with Gasteiger partial charge in [-0.05, 0) is 88.8 Å². The van der Waals surface area contributed by atoms with E-state index in [-0.39, 0.29) is 11.8 Å². The first-order valence-electron chi connectivity index (χ1n) is 13.0. The molecule has 1 aromatic heterocycles. The van der Waals surface area contributed by atoms with E-state index in [1.807, 2.05) is 59.7 Å². The Bertz CT molecular complexity index is 1460. The summed E-state index contributed by atoms with van der Waals surface area (Å²) in [6.07, 6.45) is 0.977. The Kier molecular flexibility index (Phi) is 7.90. The molecule has 2 heterocycles. The predicted octanol–water partition coefficient (Wildman–Crippen LogP) is 6.84. The quantitative estimate of drug-likeness (QED) is 0.333. The van der Waals surface area contributed by atoms with Gasteiger partial charge in [-0.1, -0.05) is 30.7 Å². The van der Waals surface area contributed by atoms with E-state index in [0.29, 0.717) is 34.7 Å². The van der Waals surface area contributed by atoms with Crippen molar-refractivity contribution < 1.29 is 22.7 Å². The van der Waals surface area contributed by atoms with Crippen LogP contribution in [-0.2, 0) is 24.3 Å². The maximum absolute atomic E-state index is 13.6. The van der Waals surface area contributed by atoms with Crippen molar-refractivity contribution in [3.8, 4) is 11.1 Å². The molecule has 206 valence electrons. The molecule has 0 radical (unpaired) electrons. The van der Waals surface area contributed by atoms with Gasteiger partial charge in [-0.3, -0.25) is 4.31 Å². The Hall–Kier alpha value is -2.55. The lowest BCUT2D eigenvalue weighted by Gasteiger charge is -2.38. The van der Waals surface area contributed by atoms with Gasteiger partial charge >= 0.3 is 5.97 Å². The maximum atomic E-state index is 13.6. The zero-order valence-corrected chi connectivity index (χ0v) is 24.7. The molecule has 7 nitrogen and oxygen atoms in total. The van der Waals surface area contributed by atoms with Crippen LogP contribution in [0.5, 0.6) is 0 Å². The Balaban J connectivity index is 2.19. The van der Waals surface area contributed by atoms with Gasteiger partial charge in [0.1, 0.15) is 0 Å². The number of benzene rings is 2. The third-order valence-corrected chi connectivity index (χ3v) is 9.17. The number of sulfonamides is 1. The molecule has 4 rings (SSSR count). The molecule has 1 fully saturated rings. The van der Waals surface area contributed by atoms with Gasteiger partial charge in [0.2, 0.25) is 10.0 Å². The number of fused-ring (bicyclic) bond motifs is 1. The summed E-state index contributed by atoms with van der Waals surface area (Å²) in [6, 6.07) is 9.22. The van der Waals surface area contributed by atoms with Crippen molar-refractivity contribution in [2.24, 2.45) is 0 Å². The first-order valence-corrected chi connectivity index (χ1v) is 15.0. The highest BCUT2D eigenvalue weighted by molar-refractivity contribution is 7.92. The van der Waals surface area contributed by atoms with Crippen molar-refractivity contribution in [2.45, 2.75) is 78.6 Å². The summed E-state index contributed by atoms with van der Waals surface area (Å²) in [6.45, 7) is 11.5. The van der Waals surface area contributed by atoms with Gasteiger partial charge in [0.05, 0.1) is 29.7 Å². The van der Waals surface area contributed by atoms with E-state index >= 15 is 0 Å². The van der Waals surface area contributed by atoms with E-state index in [1.165, 1.54) is 7.11 Å². The molecule has 0 unspecified atom stereocenters. The van der Waals surface area contributed by atoms with Crippen LogP contribution in [-0.4, -0.2) is 43.9 Å². The summed E-state index contributed by atoms with van der Waals surface area (Å²) < 4.78 is 40.4. The first kappa shape index (κ1) is 28.5. The third-order valence-electron chi connectivity index (χ3n) is 7.03. The number of aryl methyl sites for hydroxylation is 1. The molecule has 1 aliphatic rings. The summed E-state index contributed by atoms with van der Waals surface area (Å²) in [5, 5.41) is 1.40. The lowest BCUT2D eigenvalue weighted by molar-refractivity contribution is -0.164. The van der Waals surface area contributed by atoms with Crippen molar-refractivity contribution in [2.75, 3.05) is 17.2 Å². The van der Waals surface area contributed by atoms with Gasteiger partial charge in [0.25, 0.3) is 0 Å². The van der Waals surface area contributed by atoms with Gasteiger partial charge in [0, 0.05) is 27.7 Å². The van der Waals surface area contributed by atoms with Crippen LogP contribution in [0, 0.1) is 13.8 Å². The number of esters is 1. The Morgan fingerprint density at radius 2 is 1.87 bits per heavy atom. The molecule has 1 aliphatic heterocycles. The monoisotopic (exact) mass is 560 g/mol. The van der Waals surface area contributed by atoms with Crippen LogP contribution in [0.4, 0.5) is 5.69 Å². The molecule has 0 bridgehead atoms. The predicted molar refractivity (Wildman–Crippen MR) is 153 cm³/mol. The molecule has 9 heteroatoms. The van der Waals surface area contributed by atoms with E-state index < -0.39 is 27.7 Å². The van der Waals surface area contributed by atoms with Crippen molar-refractivity contribution in [3.63, 3.8) is 0 Å². The summed E-state index contributed by atoms with van der Waals surface area (Å²) >= 11 is 6.23. The van der Waals surface area contributed by atoms with Crippen molar-refractivity contribution in [3.05, 3.63) is 52.2 Å². The molecule has 0 saturated carbocycles. The number of carbonyl (C=O) groups is 1. The van der Waals surface area contributed by atoms with Crippen LogP contribution < -0.4 is 4.31 Å². The molecule has 0 spiro atoms. The van der Waals surface area contributed by atoms with Gasteiger partial charge < -0.3 is 14.5 Å². The molecule has 1 saturated heterocycles. The molecule has 0 amide bonds. The maximum Gasteiger partial charge on any atom is 0.339 e. The number of H-pyrrole nitrogens is 1. The van der Waals surface area contributed by atoms with Crippen LogP contribution >= 0.6 is 11.6 Å². The Labute approximate surface area is 230 Å². The second-order valence-corrected chi connectivity index (χ2v) is 13.4. The average Bonchev–Trinajstić information content (AvgIpc) is 3.22. The number of nitrogens with zero attached hydrogens (tertiary/aromatic N) is 1. The minimum atomic E-state index is -3.59. The fraction of sp³-hybridized carbons (Fsp3) is 0.483.